The average molecular weight is 458 g/mol. The maximum absolute atomic E-state index is 13.5. The second-order valence-corrected chi connectivity index (χ2v) is 9.16. The Morgan fingerprint density at radius 3 is 2.68 bits per heavy atom. The largest absolute Gasteiger partial charge is 0.355 e. The van der Waals surface area contributed by atoms with Crippen molar-refractivity contribution in [2.24, 2.45) is 12.8 Å². The summed E-state index contributed by atoms with van der Waals surface area (Å²) in [7, 11) is 2.03. The Hall–Kier alpha value is -3.58. The van der Waals surface area contributed by atoms with Crippen molar-refractivity contribution in [2.75, 3.05) is 21.7 Å². The van der Waals surface area contributed by atoms with Crippen LogP contribution in [0.4, 0.5) is 17.1 Å². The zero-order valence-electron chi connectivity index (χ0n) is 19.5. The van der Waals surface area contributed by atoms with E-state index in [4.69, 9.17) is 5.73 Å². The maximum Gasteiger partial charge on any atom is 0.247 e. The Labute approximate surface area is 200 Å². The number of hydrogen-bond donors (Lipinski definition) is 2. The summed E-state index contributed by atoms with van der Waals surface area (Å²) in [6.45, 7) is 1.88. The number of anilines is 3. The van der Waals surface area contributed by atoms with Crippen LogP contribution in [0.15, 0.2) is 60.8 Å². The van der Waals surface area contributed by atoms with Gasteiger partial charge in [0, 0.05) is 68.5 Å². The van der Waals surface area contributed by atoms with E-state index in [2.05, 4.69) is 33.1 Å². The summed E-state index contributed by atoms with van der Waals surface area (Å²) < 4.78 is 2.10. The van der Waals surface area contributed by atoms with Gasteiger partial charge in [-0.1, -0.05) is 12.1 Å². The molecule has 2 aliphatic rings. The molecule has 34 heavy (non-hydrogen) atoms. The highest BCUT2D eigenvalue weighted by atomic mass is 16.2. The fourth-order valence-electron chi connectivity index (χ4n) is 5.02. The first-order valence-electron chi connectivity index (χ1n) is 11.9. The molecule has 2 aromatic carbocycles. The van der Waals surface area contributed by atoms with E-state index in [-0.39, 0.29) is 17.9 Å². The molecule has 1 atom stereocenters. The van der Waals surface area contributed by atoms with E-state index in [1.807, 2.05) is 54.4 Å². The molecular formula is C27H31N5O2. The molecule has 3 aromatic rings. The lowest BCUT2D eigenvalue weighted by atomic mass is 9.98. The minimum Gasteiger partial charge on any atom is -0.355 e. The number of rotatable bonds is 5. The number of nitrogens with two attached hydrogens (primary N) is 1. The third-order valence-electron chi connectivity index (χ3n) is 6.95. The van der Waals surface area contributed by atoms with Gasteiger partial charge in [-0.15, -0.1) is 0 Å². The molecular weight excluding hydrogens is 426 g/mol. The van der Waals surface area contributed by atoms with Crippen LogP contribution < -0.4 is 20.9 Å². The molecule has 2 amide bonds. The molecule has 3 heterocycles. The maximum atomic E-state index is 13.5. The summed E-state index contributed by atoms with van der Waals surface area (Å²) in [5.74, 6) is 0.116. The molecule has 0 aliphatic carbocycles. The van der Waals surface area contributed by atoms with Crippen LogP contribution in [0.1, 0.15) is 36.1 Å². The second-order valence-electron chi connectivity index (χ2n) is 9.16. The summed E-state index contributed by atoms with van der Waals surface area (Å²) in [6, 6.07) is 17.5. The van der Waals surface area contributed by atoms with Gasteiger partial charge in [0.25, 0.3) is 0 Å². The van der Waals surface area contributed by atoms with Gasteiger partial charge in [0.1, 0.15) is 6.04 Å². The number of hydrogen-bond acceptors (Lipinski definition) is 4. The number of aromatic nitrogens is 1. The molecule has 3 N–H and O–H groups in total. The van der Waals surface area contributed by atoms with Gasteiger partial charge in [0.2, 0.25) is 11.8 Å². The first-order valence-corrected chi connectivity index (χ1v) is 11.9. The lowest BCUT2D eigenvalue weighted by molar-refractivity contribution is -0.119. The first kappa shape index (κ1) is 22.2. The average Bonchev–Trinajstić information content (AvgIpc) is 3.24. The number of fused-ring (bicyclic) bond motifs is 1. The second kappa shape index (κ2) is 9.35. The SMILES string of the molecule is Cn1ccc2c1CC(C(=O)Nc1ccc(N3CCCCC3=O)cc1)N(c1cccc(CN)c1)C2. The van der Waals surface area contributed by atoms with Crippen molar-refractivity contribution >= 4 is 28.9 Å². The molecule has 0 spiro atoms. The Balaban J connectivity index is 1.38. The highest BCUT2D eigenvalue weighted by Crippen LogP contribution is 2.31. The van der Waals surface area contributed by atoms with E-state index in [1.54, 1.807) is 0 Å². The molecule has 0 bridgehead atoms. The molecule has 5 rings (SSSR count). The number of amides is 2. The van der Waals surface area contributed by atoms with Crippen LogP contribution in [0, 0.1) is 0 Å². The zero-order valence-corrected chi connectivity index (χ0v) is 19.5. The number of piperidine rings is 1. The van der Waals surface area contributed by atoms with Gasteiger partial charge in [-0.3, -0.25) is 9.59 Å². The number of nitrogens with zero attached hydrogens (tertiary/aromatic N) is 3. The van der Waals surface area contributed by atoms with E-state index < -0.39 is 0 Å². The van der Waals surface area contributed by atoms with Crippen LogP contribution >= 0.6 is 0 Å². The molecule has 2 aliphatic heterocycles. The number of aryl methyl sites for hydroxylation is 1. The van der Waals surface area contributed by atoms with Crippen LogP contribution in [0.3, 0.4) is 0 Å². The van der Waals surface area contributed by atoms with Crippen molar-refractivity contribution in [1.29, 1.82) is 0 Å². The van der Waals surface area contributed by atoms with Crippen molar-refractivity contribution < 1.29 is 9.59 Å². The number of carbonyl (C=O) groups excluding carboxylic acids is 2. The van der Waals surface area contributed by atoms with Crippen LogP contribution in [0.5, 0.6) is 0 Å². The summed E-state index contributed by atoms with van der Waals surface area (Å²) in [4.78, 5) is 29.8. The van der Waals surface area contributed by atoms with E-state index in [1.165, 1.54) is 11.3 Å². The molecule has 0 radical (unpaired) electrons. The van der Waals surface area contributed by atoms with Gasteiger partial charge >= 0.3 is 0 Å². The number of nitrogens with one attached hydrogen (secondary N) is 1. The van der Waals surface area contributed by atoms with Gasteiger partial charge < -0.3 is 25.4 Å². The Morgan fingerprint density at radius 2 is 1.91 bits per heavy atom. The fraction of sp³-hybridized carbons (Fsp3) is 0.333. The molecule has 1 aromatic heterocycles. The molecule has 0 saturated carbocycles. The van der Waals surface area contributed by atoms with Crippen molar-refractivity contribution in [2.45, 2.75) is 44.8 Å². The van der Waals surface area contributed by atoms with Crippen molar-refractivity contribution in [1.82, 2.24) is 4.57 Å². The molecule has 1 fully saturated rings. The third-order valence-corrected chi connectivity index (χ3v) is 6.95. The lowest BCUT2D eigenvalue weighted by Gasteiger charge is -2.37. The van der Waals surface area contributed by atoms with Gasteiger partial charge in [-0.05, 0) is 66.4 Å². The topological polar surface area (TPSA) is 83.6 Å². The summed E-state index contributed by atoms with van der Waals surface area (Å²) >= 11 is 0. The normalized spacial score (nSPS) is 18.1. The van der Waals surface area contributed by atoms with E-state index in [0.29, 0.717) is 25.9 Å². The van der Waals surface area contributed by atoms with Gasteiger partial charge in [-0.25, -0.2) is 0 Å². The summed E-state index contributed by atoms with van der Waals surface area (Å²) in [6.07, 6.45) is 5.26. The highest BCUT2D eigenvalue weighted by Gasteiger charge is 2.33. The standard InChI is InChI=1S/C27H31N5O2/c1-30-14-12-20-18-32(23-6-4-5-19(15-23)17-28)25(16-24(20)30)27(34)29-21-8-10-22(11-9-21)31-13-3-2-7-26(31)33/h4-6,8-12,14-15,25H,2-3,7,13,16-18,28H2,1H3,(H,29,34). The van der Waals surface area contributed by atoms with Crippen molar-refractivity contribution in [3.05, 3.63) is 77.6 Å². The van der Waals surface area contributed by atoms with Gasteiger partial charge in [0.05, 0.1) is 0 Å². The monoisotopic (exact) mass is 457 g/mol. The Bertz CT molecular complexity index is 1200. The van der Waals surface area contributed by atoms with Gasteiger partial charge in [-0.2, -0.15) is 0 Å². The van der Waals surface area contributed by atoms with Crippen molar-refractivity contribution in [3.8, 4) is 0 Å². The minimum absolute atomic E-state index is 0.0493. The Kier molecular flexibility index (Phi) is 6.11. The lowest BCUT2D eigenvalue weighted by Crippen LogP contribution is -2.48. The van der Waals surface area contributed by atoms with Gasteiger partial charge in [0.15, 0.2) is 0 Å². The smallest absolute Gasteiger partial charge is 0.247 e. The zero-order chi connectivity index (χ0) is 23.7. The minimum atomic E-state index is -0.350. The van der Waals surface area contributed by atoms with Crippen LogP contribution in [0.2, 0.25) is 0 Å². The van der Waals surface area contributed by atoms with Crippen LogP contribution in [-0.4, -0.2) is 29.0 Å². The highest BCUT2D eigenvalue weighted by molar-refractivity contribution is 5.98. The van der Waals surface area contributed by atoms with E-state index >= 15 is 0 Å². The van der Waals surface area contributed by atoms with Crippen LogP contribution in [-0.2, 0) is 36.1 Å². The van der Waals surface area contributed by atoms with E-state index in [9.17, 15) is 9.59 Å². The predicted octanol–water partition coefficient (Wildman–Crippen LogP) is 3.57. The predicted molar refractivity (Wildman–Crippen MR) is 135 cm³/mol. The fourth-order valence-corrected chi connectivity index (χ4v) is 5.02. The summed E-state index contributed by atoms with van der Waals surface area (Å²) in [5, 5.41) is 3.11. The van der Waals surface area contributed by atoms with Crippen LogP contribution in [0.25, 0.3) is 0 Å². The summed E-state index contributed by atoms with van der Waals surface area (Å²) in [5.41, 5.74) is 11.9. The molecule has 176 valence electrons. The first-order chi connectivity index (χ1) is 16.5. The quantitative estimate of drug-likeness (QED) is 0.614. The van der Waals surface area contributed by atoms with Crippen molar-refractivity contribution in [3.63, 3.8) is 0 Å². The molecule has 7 nitrogen and oxygen atoms in total. The van der Waals surface area contributed by atoms with E-state index in [0.717, 1.165) is 42.0 Å². The number of benzene rings is 2. The Morgan fingerprint density at radius 1 is 1.09 bits per heavy atom. The number of carbonyl (C=O) groups is 2. The molecule has 1 saturated heterocycles. The molecule has 7 heteroatoms. The third kappa shape index (κ3) is 4.31. The molecule has 1 unspecified atom stereocenters.